The second-order valence-corrected chi connectivity index (χ2v) is 3.82. The first-order valence-corrected chi connectivity index (χ1v) is 5.35. The van der Waals surface area contributed by atoms with Crippen molar-refractivity contribution in [3.05, 3.63) is 58.8 Å². The third-order valence-corrected chi connectivity index (χ3v) is 2.55. The molecule has 2 nitrogen and oxygen atoms in total. The predicted octanol–water partition coefficient (Wildman–Crippen LogP) is 3.59. The fourth-order valence-electron chi connectivity index (χ4n) is 1.14. The number of hydrogen-bond acceptors (Lipinski definition) is 2. The van der Waals surface area contributed by atoms with E-state index in [2.05, 4.69) is 25.9 Å². The fraction of sp³-hybridized carbons (Fsp3) is 0. The third kappa shape index (κ3) is 2.73. The molecule has 0 fully saturated rings. The van der Waals surface area contributed by atoms with Crippen molar-refractivity contribution in [3.63, 3.8) is 0 Å². The topological polar surface area (TPSA) is 25.2 Å². The maximum atomic E-state index is 4.34. The van der Waals surface area contributed by atoms with Crippen molar-refractivity contribution >= 4 is 27.8 Å². The van der Waals surface area contributed by atoms with Crippen LogP contribution in [0.5, 0.6) is 0 Å². The summed E-state index contributed by atoms with van der Waals surface area (Å²) in [5.74, 6) is 0. The molecule has 0 spiro atoms. The van der Waals surface area contributed by atoms with Gasteiger partial charge in [0.05, 0.1) is 17.6 Å². The van der Waals surface area contributed by atoms with E-state index in [1.165, 1.54) is 0 Å². The minimum Gasteiger partial charge on any atom is -0.255 e. The molecule has 0 aliphatic heterocycles. The standard InChI is InChI=1S/C12H9BrN2/c13-11-6-1-2-7-12(11)15-9-10-5-3-4-8-14-10/h1-9H. The average molecular weight is 261 g/mol. The van der Waals surface area contributed by atoms with E-state index in [0.29, 0.717) is 0 Å². The van der Waals surface area contributed by atoms with Crippen molar-refractivity contribution in [1.29, 1.82) is 0 Å². The molecule has 1 heterocycles. The van der Waals surface area contributed by atoms with Gasteiger partial charge in [0.25, 0.3) is 0 Å². The van der Waals surface area contributed by atoms with Crippen LogP contribution in [0.2, 0.25) is 0 Å². The zero-order chi connectivity index (χ0) is 10.5. The van der Waals surface area contributed by atoms with E-state index >= 15 is 0 Å². The minimum absolute atomic E-state index is 0.855. The number of pyridine rings is 1. The van der Waals surface area contributed by atoms with Crippen LogP contribution in [0.4, 0.5) is 5.69 Å². The molecule has 0 amide bonds. The summed E-state index contributed by atoms with van der Waals surface area (Å²) in [5, 5.41) is 0. The lowest BCUT2D eigenvalue weighted by Gasteiger charge is -1.96. The molecule has 1 aromatic heterocycles. The lowest BCUT2D eigenvalue weighted by atomic mass is 10.3. The summed E-state index contributed by atoms with van der Waals surface area (Å²) in [5.41, 5.74) is 1.76. The molecule has 15 heavy (non-hydrogen) atoms. The Morgan fingerprint density at radius 1 is 1.07 bits per heavy atom. The van der Waals surface area contributed by atoms with Crippen LogP contribution < -0.4 is 0 Å². The molecule has 0 bridgehead atoms. The van der Waals surface area contributed by atoms with Gasteiger partial charge in [0, 0.05) is 10.7 Å². The van der Waals surface area contributed by atoms with Gasteiger partial charge in [-0.3, -0.25) is 9.98 Å². The smallest absolute Gasteiger partial charge is 0.0812 e. The number of halogens is 1. The molecule has 0 aliphatic rings. The van der Waals surface area contributed by atoms with Crippen molar-refractivity contribution in [1.82, 2.24) is 4.98 Å². The Kier molecular flexibility index (Phi) is 3.25. The Balaban J connectivity index is 2.23. The SMILES string of the molecule is Brc1ccccc1N=Cc1ccccn1. The van der Waals surface area contributed by atoms with Crippen LogP contribution >= 0.6 is 15.9 Å². The molecule has 0 aliphatic carbocycles. The molecule has 2 rings (SSSR count). The molecule has 0 atom stereocenters. The van der Waals surface area contributed by atoms with Crippen LogP contribution in [0.15, 0.2) is 58.1 Å². The summed E-state index contributed by atoms with van der Waals surface area (Å²) in [6.07, 6.45) is 3.50. The van der Waals surface area contributed by atoms with Crippen molar-refractivity contribution < 1.29 is 0 Å². The van der Waals surface area contributed by atoms with Crippen molar-refractivity contribution in [3.8, 4) is 0 Å². The largest absolute Gasteiger partial charge is 0.255 e. The zero-order valence-corrected chi connectivity index (χ0v) is 9.55. The molecule has 0 N–H and O–H groups in total. The molecule has 3 heteroatoms. The summed E-state index contributed by atoms with van der Waals surface area (Å²) in [7, 11) is 0. The molecule has 74 valence electrons. The molecule has 0 saturated heterocycles. The Hall–Kier alpha value is -1.48. The quantitative estimate of drug-likeness (QED) is 0.758. The van der Waals surface area contributed by atoms with E-state index in [0.717, 1.165) is 15.9 Å². The van der Waals surface area contributed by atoms with Crippen molar-refractivity contribution in [2.45, 2.75) is 0 Å². The molecule has 2 aromatic rings. The van der Waals surface area contributed by atoms with Gasteiger partial charge in [-0.2, -0.15) is 0 Å². The second kappa shape index (κ2) is 4.84. The van der Waals surface area contributed by atoms with Gasteiger partial charge in [0.2, 0.25) is 0 Å². The van der Waals surface area contributed by atoms with Crippen LogP contribution in [-0.2, 0) is 0 Å². The van der Waals surface area contributed by atoms with E-state index in [1.807, 2.05) is 42.5 Å². The molecular formula is C12H9BrN2. The van der Waals surface area contributed by atoms with Gasteiger partial charge in [-0.05, 0) is 40.2 Å². The third-order valence-electron chi connectivity index (χ3n) is 1.88. The summed E-state index contributed by atoms with van der Waals surface area (Å²) in [4.78, 5) is 8.50. The Morgan fingerprint density at radius 3 is 2.60 bits per heavy atom. The van der Waals surface area contributed by atoms with Gasteiger partial charge < -0.3 is 0 Å². The Labute approximate surface area is 96.8 Å². The first-order chi connectivity index (χ1) is 7.36. The van der Waals surface area contributed by atoms with Gasteiger partial charge in [-0.25, -0.2) is 0 Å². The summed E-state index contributed by atoms with van der Waals surface area (Å²) in [6.45, 7) is 0. The van der Waals surface area contributed by atoms with E-state index < -0.39 is 0 Å². The minimum atomic E-state index is 0.855. The lowest BCUT2D eigenvalue weighted by molar-refractivity contribution is 1.30. The van der Waals surface area contributed by atoms with Gasteiger partial charge in [0.15, 0.2) is 0 Å². The van der Waals surface area contributed by atoms with Crippen LogP contribution in [0.25, 0.3) is 0 Å². The lowest BCUT2D eigenvalue weighted by Crippen LogP contribution is -1.83. The summed E-state index contributed by atoms with van der Waals surface area (Å²) < 4.78 is 0.984. The van der Waals surface area contributed by atoms with E-state index in [-0.39, 0.29) is 0 Å². The number of hydrogen-bond donors (Lipinski definition) is 0. The number of rotatable bonds is 2. The second-order valence-electron chi connectivity index (χ2n) is 2.96. The zero-order valence-electron chi connectivity index (χ0n) is 7.97. The monoisotopic (exact) mass is 260 g/mol. The number of nitrogens with zero attached hydrogens (tertiary/aromatic N) is 2. The number of aliphatic imine (C=N–C) groups is 1. The van der Waals surface area contributed by atoms with Gasteiger partial charge in [-0.15, -0.1) is 0 Å². The number of aromatic nitrogens is 1. The molecule has 0 unspecified atom stereocenters. The maximum absolute atomic E-state index is 4.34. The van der Waals surface area contributed by atoms with Crippen LogP contribution in [0.1, 0.15) is 5.69 Å². The first kappa shape index (κ1) is 10.1. The van der Waals surface area contributed by atoms with E-state index in [4.69, 9.17) is 0 Å². The van der Waals surface area contributed by atoms with Crippen LogP contribution in [0, 0.1) is 0 Å². The summed E-state index contributed by atoms with van der Waals surface area (Å²) in [6, 6.07) is 13.6. The molecule has 0 saturated carbocycles. The first-order valence-electron chi connectivity index (χ1n) is 4.56. The molecule has 0 radical (unpaired) electrons. The van der Waals surface area contributed by atoms with Crippen molar-refractivity contribution in [2.75, 3.05) is 0 Å². The van der Waals surface area contributed by atoms with E-state index in [9.17, 15) is 0 Å². The maximum Gasteiger partial charge on any atom is 0.0812 e. The highest BCUT2D eigenvalue weighted by molar-refractivity contribution is 9.10. The fourth-order valence-corrected chi connectivity index (χ4v) is 1.53. The Bertz CT molecular complexity index is 466. The van der Waals surface area contributed by atoms with Crippen LogP contribution in [-0.4, -0.2) is 11.2 Å². The normalized spacial score (nSPS) is 10.7. The molecule has 1 aromatic carbocycles. The number of benzene rings is 1. The van der Waals surface area contributed by atoms with Gasteiger partial charge >= 0.3 is 0 Å². The van der Waals surface area contributed by atoms with Crippen LogP contribution in [0.3, 0.4) is 0 Å². The number of para-hydroxylation sites is 1. The highest BCUT2D eigenvalue weighted by Gasteiger charge is 1.93. The highest BCUT2D eigenvalue weighted by atomic mass is 79.9. The van der Waals surface area contributed by atoms with Gasteiger partial charge in [-0.1, -0.05) is 18.2 Å². The molecular weight excluding hydrogens is 252 g/mol. The summed E-state index contributed by atoms with van der Waals surface area (Å²) >= 11 is 3.44. The predicted molar refractivity (Wildman–Crippen MR) is 65.6 cm³/mol. The Morgan fingerprint density at radius 2 is 1.87 bits per heavy atom. The van der Waals surface area contributed by atoms with Gasteiger partial charge in [0.1, 0.15) is 0 Å². The average Bonchev–Trinajstić information content (AvgIpc) is 2.29. The van der Waals surface area contributed by atoms with E-state index in [1.54, 1.807) is 12.4 Å². The highest BCUT2D eigenvalue weighted by Crippen LogP contribution is 2.23. The van der Waals surface area contributed by atoms with Crippen molar-refractivity contribution in [2.24, 2.45) is 4.99 Å².